The molecule has 0 saturated heterocycles. The van der Waals surface area contributed by atoms with E-state index < -0.39 is 16.1 Å². The van der Waals surface area contributed by atoms with Crippen LogP contribution in [0.25, 0.3) is 0 Å². The van der Waals surface area contributed by atoms with Gasteiger partial charge in [0.25, 0.3) is 10.0 Å². The molecule has 92 valence electrons. The minimum atomic E-state index is -3.61. The number of nitrogens with one attached hydrogen (secondary N) is 2. The van der Waals surface area contributed by atoms with E-state index in [-0.39, 0.29) is 5.03 Å². The first-order valence-corrected chi connectivity index (χ1v) is 6.34. The second-order valence-corrected chi connectivity index (χ2v) is 5.17. The molecule has 9 heteroatoms. The van der Waals surface area contributed by atoms with Gasteiger partial charge in [-0.3, -0.25) is 9.78 Å². The van der Waals surface area contributed by atoms with E-state index in [1.165, 1.54) is 23.3 Å². The summed E-state index contributed by atoms with van der Waals surface area (Å²) in [5, 5.41) is 10.2. The highest BCUT2D eigenvalue weighted by molar-refractivity contribution is 7.89. The number of rotatable bonds is 4. The molecule has 0 amide bonds. The molecule has 0 spiro atoms. The van der Waals surface area contributed by atoms with Crippen molar-refractivity contribution in [3.8, 4) is 0 Å². The normalized spacial score (nSPS) is 13.8. The summed E-state index contributed by atoms with van der Waals surface area (Å²) in [4.78, 5) is 3.89. The Morgan fingerprint density at radius 1 is 1.53 bits per heavy atom. The van der Waals surface area contributed by atoms with Crippen LogP contribution in [-0.4, -0.2) is 33.4 Å². The van der Waals surface area contributed by atoms with Crippen LogP contribution in [0.4, 0.5) is 0 Å². The summed E-state index contributed by atoms with van der Waals surface area (Å²) in [7, 11) is -2.05. The van der Waals surface area contributed by atoms with E-state index in [9.17, 15) is 8.42 Å². The number of hydrogen-bond donors (Lipinski definition) is 2. The minimum Gasteiger partial charge on any atom is -0.262 e. The Morgan fingerprint density at radius 3 is 2.82 bits per heavy atom. The van der Waals surface area contributed by atoms with Gasteiger partial charge in [-0.15, -0.1) is 0 Å². The molecule has 0 fully saturated rings. The summed E-state index contributed by atoms with van der Waals surface area (Å²) in [6.45, 7) is 1.68. The van der Waals surface area contributed by atoms with Crippen molar-refractivity contribution in [1.82, 2.24) is 29.7 Å². The summed E-state index contributed by atoms with van der Waals surface area (Å²) < 4.78 is 27.7. The van der Waals surface area contributed by atoms with Crippen molar-refractivity contribution in [2.75, 3.05) is 0 Å². The van der Waals surface area contributed by atoms with Crippen molar-refractivity contribution in [2.45, 2.75) is 18.0 Å². The molecule has 2 aromatic rings. The van der Waals surface area contributed by atoms with Crippen LogP contribution in [0.3, 0.4) is 0 Å². The van der Waals surface area contributed by atoms with Gasteiger partial charge in [-0.05, 0) is 13.0 Å². The molecule has 1 unspecified atom stereocenters. The lowest BCUT2D eigenvalue weighted by Gasteiger charge is -2.11. The topological polar surface area (TPSA) is 106 Å². The largest absolute Gasteiger partial charge is 0.262 e. The molecule has 0 radical (unpaired) electrons. The van der Waals surface area contributed by atoms with Crippen molar-refractivity contribution in [3.63, 3.8) is 0 Å². The first-order chi connectivity index (χ1) is 8.00. The number of aromatic nitrogens is 5. The molecule has 17 heavy (non-hydrogen) atoms. The maximum atomic E-state index is 12.0. The zero-order chi connectivity index (χ0) is 12.5. The highest BCUT2D eigenvalue weighted by Gasteiger charge is 2.22. The molecule has 2 aromatic heterocycles. The Kier molecular flexibility index (Phi) is 2.94. The van der Waals surface area contributed by atoms with Gasteiger partial charge in [-0.25, -0.2) is 13.4 Å². The van der Waals surface area contributed by atoms with Crippen molar-refractivity contribution >= 4 is 10.0 Å². The fourth-order valence-electron chi connectivity index (χ4n) is 1.40. The molecule has 2 N–H and O–H groups in total. The Morgan fingerprint density at radius 2 is 2.29 bits per heavy atom. The van der Waals surface area contributed by atoms with E-state index in [2.05, 4.69) is 25.0 Å². The lowest BCUT2D eigenvalue weighted by Crippen LogP contribution is -2.29. The minimum absolute atomic E-state index is 0.101. The van der Waals surface area contributed by atoms with Gasteiger partial charge in [0, 0.05) is 7.05 Å². The zero-order valence-corrected chi connectivity index (χ0v) is 10.1. The van der Waals surface area contributed by atoms with E-state index in [0.29, 0.717) is 5.82 Å². The Labute approximate surface area is 98.1 Å². The van der Waals surface area contributed by atoms with Gasteiger partial charge >= 0.3 is 0 Å². The summed E-state index contributed by atoms with van der Waals surface area (Å²) in [5.74, 6) is 0.454. The molecule has 0 aliphatic rings. The van der Waals surface area contributed by atoms with Crippen LogP contribution >= 0.6 is 0 Å². The molecular weight excluding hydrogens is 244 g/mol. The number of H-pyrrole nitrogens is 1. The van der Waals surface area contributed by atoms with Crippen LogP contribution in [0.2, 0.25) is 0 Å². The summed E-state index contributed by atoms with van der Waals surface area (Å²) in [6.07, 6.45) is 2.75. The van der Waals surface area contributed by atoms with E-state index >= 15 is 0 Å². The van der Waals surface area contributed by atoms with Crippen molar-refractivity contribution in [1.29, 1.82) is 0 Å². The third-order valence-electron chi connectivity index (χ3n) is 2.23. The Balaban J connectivity index is 2.22. The third-order valence-corrected chi connectivity index (χ3v) is 3.84. The number of aryl methyl sites for hydroxylation is 1. The van der Waals surface area contributed by atoms with E-state index in [4.69, 9.17) is 0 Å². The van der Waals surface area contributed by atoms with Crippen LogP contribution in [0.15, 0.2) is 23.6 Å². The molecule has 0 aliphatic carbocycles. The second kappa shape index (κ2) is 4.26. The maximum absolute atomic E-state index is 12.0. The Bertz CT molecular complexity index is 587. The van der Waals surface area contributed by atoms with Crippen LogP contribution in [0.5, 0.6) is 0 Å². The van der Waals surface area contributed by atoms with Crippen molar-refractivity contribution < 1.29 is 8.42 Å². The Hall–Kier alpha value is -1.74. The standard InChI is InChI=1S/C8H12N6O2S/c1-6(8-9-5-10-12-8)13-17(15,16)7-3-4-11-14(7)2/h3-6,13H,1-2H3,(H,9,10,12). The molecule has 0 bridgehead atoms. The molecule has 2 heterocycles. The van der Waals surface area contributed by atoms with Crippen molar-refractivity contribution in [3.05, 3.63) is 24.4 Å². The van der Waals surface area contributed by atoms with Crippen LogP contribution in [0, 0.1) is 0 Å². The van der Waals surface area contributed by atoms with Gasteiger partial charge in [-0.1, -0.05) is 0 Å². The van der Waals surface area contributed by atoms with Crippen LogP contribution < -0.4 is 4.72 Å². The molecule has 0 aliphatic heterocycles. The molecule has 0 saturated carbocycles. The summed E-state index contributed by atoms with van der Waals surface area (Å²) >= 11 is 0. The van der Waals surface area contributed by atoms with Gasteiger partial charge in [0.2, 0.25) is 0 Å². The quantitative estimate of drug-likeness (QED) is 0.772. The number of nitrogens with zero attached hydrogens (tertiary/aromatic N) is 4. The lowest BCUT2D eigenvalue weighted by atomic mass is 10.3. The second-order valence-electron chi connectivity index (χ2n) is 3.51. The highest BCUT2D eigenvalue weighted by Crippen LogP contribution is 2.12. The predicted molar refractivity (Wildman–Crippen MR) is 58.3 cm³/mol. The zero-order valence-electron chi connectivity index (χ0n) is 9.32. The fourth-order valence-corrected chi connectivity index (χ4v) is 2.73. The number of sulfonamides is 1. The molecular formula is C8H12N6O2S. The number of aromatic amines is 1. The molecule has 8 nitrogen and oxygen atoms in total. The number of hydrogen-bond acceptors (Lipinski definition) is 5. The molecule has 2 rings (SSSR count). The fraction of sp³-hybridized carbons (Fsp3) is 0.375. The summed E-state index contributed by atoms with van der Waals surface area (Å²) in [5.41, 5.74) is 0. The first kappa shape index (κ1) is 11.7. The molecule has 1 atom stereocenters. The monoisotopic (exact) mass is 256 g/mol. The van der Waals surface area contributed by atoms with Crippen LogP contribution in [-0.2, 0) is 17.1 Å². The average molecular weight is 256 g/mol. The highest BCUT2D eigenvalue weighted by atomic mass is 32.2. The van der Waals surface area contributed by atoms with Crippen LogP contribution in [0.1, 0.15) is 18.8 Å². The summed E-state index contributed by atoms with van der Waals surface area (Å²) in [6, 6.07) is 0.938. The van der Waals surface area contributed by atoms with Gasteiger partial charge in [0.1, 0.15) is 12.2 Å². The predicted octanol–water partition coefficient (Wildman–Crippen LogP) is -0.422. The van der Waals surface area contributed by atoms with Gasteiger partial charge < -0.3 is 0 Å². The SMILES string of the molecule is CC(NS(=O)(=O)c1ccnn1C)c1ncn[nH]1. The van der Waals surface area contributed by atoms with E-state index in [1.807, 2.05) is 0 Å². The smallest absolute Gasteiger partial charge is 0.258 e. The van der Waals surface area contributed by atoms with Gasteiger partial charge in [0.05, 0.1) is 12.2 Å². The van der Waals surface area contributed by atoms with Crippen molar-refractivity contribution in [2.24, 2.45) is 7.05 Å². The van der Waals surface area contributed by atoms with E-state index in [1.54, 1.807) is 14.0 Å². The third kappa shape index (κ3) is 2.34. The van der Waals surface area contributed by atoms with E-state index in [0.717, 1.165) is 0 Å². The molecule has 0 aromatic carbocycles. The maximum Gasteiger partial charge on any atom is 0.258 e. The van der Waals surface area contributed by atoms with Gasteiger partial charge in [0.15, 0.2) is 5.03 Å². The first-order valence-electron chi connectivity index (χ1n) is 4.86. The average Bonchev–Trinajstić information content (AvgIpc) is 2.85. The lowest BCUT2D eigenvalue weighted by molar-refractivity contribution is 0.544. The van der Waals surface area contributed by atoms with Gasteiger partial charge in [-0.2, -0.15) is 14.9 Å².